The normalized spacial score (nSPS) is 12.2. The number of nitrogens with one attached hydrogen (secondary N) is 1. The predicted octanol–water partition coefficient (Wildman–Crippen LogP) is 5.01. The minimum Gasteiger partial charge on any atom is -0.497 e. The molecule has 3 aromatic carbocycles. The van der Waals surface area contributed by atoms with Gasteiger partial charge in [-0.15, -0.1) is 0 Å². The van der Waals surface area contributed by atoms with Crippen LogP contribution in [0, 0.1) is 0 Å². The topological polar surface area (TPSA) is 105 Å². The number of hydrogen-bond donors (Lipinski definition) is 1. The van der Waals surface area contributed by atoms with Crippen molar-refractivity contribution < 1.29 is 27.5 Å². The summed E-state index contributed by atoms with van der Waals surface area (Å²) in [4.78, 5) is 29.2. The van der Waals surface area contributed by atoms with Crippen molar-refractivity contribution in [3.05, 3.63) is 84.4 Å². The number of sulfonamides is 1. The zero-order chi connectivity index (χ0) is 30.9. The third kappa shape index (κ3) is 8.25. The van der Waals surface area contributed by atoms with Crippen molar-refractivity contribution in [3.8, 4) is 11.5 Å². The molecule has 1 N–H and O–H groups in total. The third-order valence-corrected chi connectivity index (χ3v) is 8.19. The van der Waals surface area contributed by atoms with Crippen molar-refractivity contribution in [1.82, 2.24) is 10.2 Å². The van der Waals surface area contributed by atoms with Gasteiger partial charge in [-0.05, 0) is 76.1 Å². The monoisotopic (exact) mass is 595 g/mol. The molecule has 10 heteroatoms. The van der Waals surface area contributed by atoms with Gasteiger partial charge in [0.25, 0.3) is 10.0 Å². The number of benzene rings is 3. The first-order chi connectivity index (χ1) is 19.9. The quantitative estimate of drug-likeness (QED) is 0.298. The molecule has 0 aliphatic rings. The van der Waals surface area contributed by atoms with E-state index in [2.05, 4.69) is 5.32 Å². The first-order valence-corrected chi connectivity index (χ1v) is 15.4. The molecule has 0 unspecified atom stereocenters. The molecule has 2 amide bonds. The van der Waals surface area contributed by atoms with E-state index in [1.807, 2.05) is 33.8 Å². The van der Waals surface area contributed by atoms with E-state index in [1.54, 1.807) is 74.7 Å². The summed E-state index contributed by atoms with van der Waals surface area (Å²) in [7, 11) is -2.65. The Morgan fingerprint density at radius 2 is 1.60 bits per heavy atom. The molecule has 0 aliphatic heterocycles. The molecule has 0 spiro atoms. The molecule has 42 heavy (non-hydrogen) atoms. The molecule has 0 heterocycles. The van der Waals surface area contributed by atoms with Gasteiger partial charge in [0.2, 0.25) is 11.8 Å². The van der Waals surface area contributed by atoms with Crippen molar-refractivity contribution in [1.29, 1.82) is 0 Å². The van der Waals surface area contributed by atoms with Gasteiger partial charge in [-0.2, -0.15) is 0 Å². The third-order valence-electron chi connectivity index (χ3n) is 6.42. The van der Waals surface area contributed by atoms with Gasteiger partial charge in [0.05, 0.1) is 24.3 Å². The molecule has 0 saturated heterocycles. The molecule has 9 nitrogen and oxygen atoms in total. The lowest BCUT2D eigenvalue weighted by atomic mass is 10.1. The summed E-state index contributed by atoms with van der Waals surface area (Å²) in [6.07, 6.45) is 0.318. The number of anilines is 1. The van der Waals surface area contributed by atoms with E-state index in [9.17, 15) is 18.0 Å². The second-order valence-corrected chi connectivity index (χ2v) is 12.6. The summed E-state index contributed by atoms with van der Waals surface area (Å²) < 4.78 is 40.3. The first kappa shape index (κ1) is 32.5. The molecule has 226 valence electrons. The number of para-hydroxylation sites is 2. The fourth-order valence-electron chi connectivity index (χ4n) is 4.51. The van der Waals surface area contributed by atoms with Crippen LogP contribution in [-0.4, -0.2) is 57.0 Å². The van der Waals surface area contributed by atoms with Gasteiger partial charge in [-0.3, -0.25) is 13.9 Å². The van der Waals surface area contributed by atoms with Crippen LogP contribution >= 0.6 is 0 Å². The van der Waals surface area contributed by atoms with E-state index in [1.165, 1.54) is 17.0 Å². The minimum absolute atomic E-state index is 0.0287. The Balaban J connectivity index is 2.12. The van der Waals surface area contributed by atoms with Crippen LogP contribution in [0.15, 0.2) is 83.8 Å². The molecule has 0 fully saturated rings. The molecular weight excluding hydrogens is 554 g/mol. The van der Waals surface area contributed by atoms with Crippen molar-refractivity contribution >= 4 is 27.5 Å². The number of rotatable bonds is 13. The van der Waals surface area contributed by atoms with E-state index in [0.717, 1.165) is 9.87 Å². The standard InChI is InChI=1S/C32H41N3O6S/c1-7-27(31(37)33-32(3,4)5)34(22-24-15-14-16-25(21-24)40-6)30(36)23-35(28-19-12-13-20-29(28)41-8-2)42(38,39)26-17-10-9-11-18-26/h9-21,27H,7-8,22-23H2,1-6H3,(H,33,37)/t27-/m0/s1. The van der Waals surface area contributed by atoms with Crippen LogP contribution < -0.4 is 19.1 Å². The molecule has 0 bridgehead atoms. The second kappa shape index (κ2) is 14.2. The summed E-state index contributed by atoms with van der Waals surface area (Å²) in [5.74, 6) is 0.0585. The van der Waals surface area contributed by atoms with Gasteiger partial charge in [0.1, 0.15) is 24.1 Å². The highest BCUT2D eigenvalue weighted by Crippen LogP contribution is 2.33. The Bertz CT molecular complexity index is 1450. The fraction of sp³-hybridized carbons (Fsp3) is 0.375. The lowest BCUT2D eigenvalue weighted by Crippen LogP contribution is -2.55. The van der Waals surface area contributed by atoms with Gasteiger partial charge < -0.3 is 19.7 Å². The van der Waals surface area contributed by atoms with Crippen LogP contribution in [0.3, 0.4) is 0 Å². The summed E-state index contributed by atoms with van der Waals surface area (Å²) in [5, 5.41) is 2.97. The first-order valence-electron chi connectivity index (χ1n) is 13.9. The smallest absolute Gasteiger partial charge is 0.264 e. The maximum atomic E-state index is 14.3. The number of ether oxygens (including phenoxy) is 2. The van der Waals surface area contributed by atoms with Crippen LogP contribution in [0.5, 0.6) is 11.5 Å². The predicted molar refractivity (Wildman–Crippen MR) is 164 cm³/mol. The lowest BCUT2D eigenvalue weighted by Gasteiger charge is -2.35. The maximum absolute atomic E-state index is 14.3. The summed E-state index contributed by atoms with van der Waals surface area (Å²) in [6.45, 7) is 9.04. The van der Waals surface area contributed by atoms with Crippen molar-refractivity contribution in [2.24, 2.45) is 0 Å². The van der Waals surface area contributed by atoms with Crippen LogP contribution in [-0.2, 0) is 26.2 Å². The highest BCUT2D eigenvalue weighted by molar-refractivity contribution is 7.92. The summed E-state index contributed by atoms with van der Waals surface area (Å²) >= 11 is 0. The van der Waals surface area contributed by atoms with Crippen molar-refractivity contribution in [2.45, 2.75) is 64.1 Å². The minimum atomic E-state index is -4.20. The molecular formula is C32H41N3O6S. The number of carbonyl (C=O) groups excluding carboxylic acids is 2. The number of amides is 2. The average molecular weight is 596 g/mol. The van der Waals surface area contributed by atoms with E-state index < -0.39 is 34.1 Å². The molecule has 0 aliphatic carbocycles. The molecule has 0 aromatic heterocycles. The Morgan fingerprint density at radius 1 is 0.929 bits per heavy atom. The maximum Gasteiger partial charge on any atom is 0.264 e. The van der Waals surface area contributed by atoms with Crippen LogP contribution in [0.4, 0.5) is 5.69 Å². The SMILES string of the molecule is CCOc1ccccc1N(CC(=O)N(Cc1cccc(OC)c1)[C@@H](CC)C(=O)NC(C)(C)C)S(=O)(=O)c1ccccc1. The molecule has 0 radical (unpaired) electrons. The van der Waals surface area contributed by atoms with Crippen LogP contribution in [0.2, 0.25) is 0 Å². The second-order valence-electron chi connectivity index (χ2n) is 10.8. The van der Waals surface area contributed by atoms with Gasteiger partial charge in [-0.1, -0.05) is 49.4 Å². The van der Waals surface area contributed by atoms with Gasteiger partial charge in [0.15, 0.2) is 0 Å². The van der Waals surface area contributed by atoms with Gasteiger partial charge >= 0.3 is 0 Å². The largest absolute Gasteiger partial charge is 0.497 e. The summed E-state index contributed by atoms with van der Waals surface area (Å²) in [5.41, 5.74) is 0.427. The molecule has 3 rings (SSSR count). The molecule has 0 saturated carbocycles. The van der Waals surface area contributed by atoms with Gasteiger partial charge in [-0.25, -0.2) is 8.42 Å². The van der Waals surface area contributed by atoms with E-state index >= 15 is 0 Å². The molecule has 3 aromatic rings. The number of nitrogens with zero attached hydrogens (tertiary/aromatic N) is 2. The highest BCUT2D eigenvalue weighted by atomic mass is 32.2. The molecule has 1 atom stereocenters. The Labute approximate surface area is 249 Å². The fourth-order valence-corrected chi connectivity index (χ4v) is 5.96. The van der Waals surface area contributed by atoms with E-state index in [0.29, 0.717) is 24.5 Å². The van der Waals surface area contributed by atoms with Crippen LogP contribution in [0.1, 0.15) is 46.6 Å². The van der Waals surface area contributed by atoms with Gasteiger partial charge in [0, 0.05) is 12.1 Å². The highest BCUT2D eigenvalue weighted by Gasteiger charge is 2.35. The number of hydrogen-bond acceptors (Lipinski definition) is 6. The Morgan fingerprint density at radius 3 is 2.21 bits per heavy atom. The van der Waals surface area contributed by atoms with Crippen molar-refractivity contribution in [2.75, 3.05) is 24.6 Å². The lowest BCUT2D eigenvalue weighted by molar-refractivity contribution is -0.141. The van der Waals surface area contributed by atoms with Crippen LogP contribution in [0.25, 0.3) is 0 Å². The Kier molecular flexibility index (Phi) is 11.0. The summed E-state index contributed by atoms with van der Waals surface area (Å²) in [6, 6.07) is 21.0. The zero-order valence-electron chi connectivity index (χ0n) is 25.2. The van der Waals surface area contributed by atoms with E-state index in [-0.39, 0.29) is 23.0 Å². The van der Waals surface area contributed by atoms with E-state index in [4.69, 9.17) is 9.47 Å². The zero-order valence-corrected chi connectivity index (χ0v) is 26.0. The Hall–Kier alpha value is -4.05. The average Bonchev–Trinajstić information content (AvgIpc) is 2.96. The number of methoxy groups -OCH3 is 1. The van der Waals surface area contributed by atoms with Crippen molar-refractivity contribution in [3.63, 3.8) is 0 Å². The number of carbonyl (C=O) groups is 2.